The average Bonchev–Trinajstić information content (AvgIpc) is 3.25. The zero-order chi connectivity index (χ0) is 20.4. The van der Waals surface area contributed by atoms with Crippen molar-refractivity contribution >= 4 is 16.8 Å². The topological polar surface area (TPSA) is 62.7 Å². The van der Waals surface area contributed by atoms with Gasteiger partial charge < -0.3 is 10.3 Å². The highest BCUT2D eigenvalue weighted by atomic mass is 19.1. The summed E-state index contributed by atoms with van der Waals surface area (Å²) in [6.07, 6.45) is 2.74. The molecule has 0 radical (unpaired) electrons. The third kappa shape index (κ3) is 3.92. The normalized spacial score (nSPS) is 11.1. The lowest BCUT2D eigenvalue weighted by molar-refractivity contribution is -0.121. The standard InChI is InChI=1S/C23H23FN4O/c1-15-17(14-26-28(15)2)13-25-22(29)12-11-20-19-5-3-4-6-21(19)27-23(20)16-7-9-18(24)10-8-16/h3-10,14,27H,11-13H2,1-2H3,(H,25,29). The highest BCUT2D eigenvalue weighted by molar-refractivity contribution is 5.91. The lowest BCUT2D eigenvalue weighted by Gasteiger charge is -2.07. The summed E-state index contributed by atoms with van der Waals surface area (Å²) in [6, 6.07) is 14.4. The first kappa shape index (κ1) is 18.9. The van der Waals surface area contributed by atoms with E-state index in [-0.39, 0.29) is 11.7 Å². The Labute approximate surface area is 168 Å². The number of nitrogens with zero attached hydrogens (tertiary/aromatic N) is 2. The van der Waals surface area contributed by atoms with Gasteiger partial charge in [-0.15, -0.1) is 0 Å². The number of H-pyrrole nitrogens is 1. The van der Waals surface area contributed by atoms with Crippen LogP contribution in [0.2, 0.25) is 0 Å². The maximum absolute atomic E-state index is 13.3. The molecule has 0 atom stereocenters. The molecular weight excluding hydrogens is 367 g/mol. The Morgan fingerprint density at radius 1 is 1.17 bits per heavy atom. The Balaban J connectivity index is 1.52. The molecule has 0 saturated carbocycles. The second-order valence-corrected chi connectivity index (χ2v) is 7.19. The molecule has 148 valence electrons. The van der Waals surface area contributed by atoms with Crippen LogP contribution in [-0.4, -0.2) is 20.7 Å². The van der Waals surface area contributed by atoms with Crippen molar-refractivity contribution in [2.24, 2.45) is 7.05 Å². The number of nitrogens with one attached hydrogen (secondary N) is 2. The van der Waals surface area contributed by atoms with E-state index in [0.717, 1.165) is 39.0 Å². The number of carbonyl (C=O) groups is 1. The lowest BCUT2D eigenvalue weighted by Crippen LogP contribution is -2.23. The Morgan fingerprint density at radius 2 is 1.93 bits per heavy atom. The number of benzene rings is 2. The highest BCUT2D eigenvalue weighted by Gasteiger charge is 2.15. The van der Waals surface area contributed by atoms with Gasteiger partial charge in [-0.2, -0.15) is 5.10 Å². The average molecular weight is 390 g/mol. The van der Waals surface area contributed by atoms with E-state index < -0.39 is 0 Å². The summed E-state index contributed by atoms with van der Waals surface area (Å²) in [7, 11) is 1.88. The van der Waals surface area contributed by atoms with Crippen LogP contribution in [0.3, 0.4) is 0 Å². The maximum atomic E-state index is 13.3. The quantitative estimate of drug-likeness (QED) is 0.517. The van der Waals surface area contributed by atoms with Gasteiger partial charge in [0.25, 0.3) is 0 Å². The van der Waals surface area contributed by atoms with Crippen LogP contribution in [0.4, 0.5) is 4.39 Å². The molecule has 0 bridgehead atoms. The number of fused-ring (bicyclic) bond motifs is 1. The van der Waals surface area contributed by atoms with Crippen LogP contribution >= 0.6 is 0 Å². The van der Waals surface area contributed by atoms with E-state index in [1.165, 1.54) is 12.1 Å². The molecule has 29 heavy (non-hydrogen) atoms. The van der Waals surface area contributed by atoms with Gasteiger partial charge in [-0.3, -0.25) is 9.48 Å². The van der Waals surface area contributed by atoms with Gasteiger partial charge >= 0.3 is 0 Å². The molecule has 2 N–H and O–H groups in total. The first-order valence-electron chi connectivity index (χ1n) is 9.62. The molecule has 2 aromatic heterocycles. The van der Waals surface area contributed by atoms with Crippen molar-refractivity contribution in [3.05, 3.63) is 77.4 Å². The molecule has 6 heteroatoms. The van der Waals surface area contributed by atoms with Crippen LogP contribution in [0.15, 0.2) is 54.7 Å². The van der Waals surface area contributed by atoms with E-state index in [1.54, 1.807) is 23.0 Å². The van der Waals surface area contributed by atoms with E-state index in [1.807, 2.05) is 38.2 Å². The number of rotatable bonds is 6. The fraction of sp³-hybridized carbons (Fsp3) is 0.217. The predicted octanol–water partition coefficient (Wildman–Crippen LogP) is 4.26. The minimum absolute atomic E-state index is 0.0106. The molecule has 5 nitrogen and oxygen atoms in total. The lowest BCUT2D eigenvalue weighted by atomic mass is 10.0. The van der Waals surface area contributed by atoms with Crippen LogP contribution in [0, 0.1) is 12.7 Å². The van der Waals surface area contributed by atoms with E-state index in [2.05, 4.69) is 15.4 Å². The van der Waals surface area contributed by atoms with Crippen molar-refractivity contribution in [2.45, 2.75) is 26.3 Å². The maximum Gasteiger partial charge on any atom is 0.220 e. The number of aromatic nitrogens is 3. The van der Waals surface area contributed by atoms with Crippen molar-refractivity contribution in [3.63, 3.8) is 0 Å². The second-order valence-electron chi connectivity index (χ2n) is 7.19. The van der Waals surface area contributed by atoms with Crippen molar-refractivity contribution in [2.75, 3.05) is 0 Å². The molecule has 0 spiro atoms. The van der Waals surface area contributed by atoms with Crippen molar-refractivity contribution in [1.29, 1.82) is 0 Å². The molecule has 2 aromatic carbocycles. The van der Waals surface area contributed by atoms with Crippen LogP contribution in [-0.2, 0) is 24.8 Å². The first-order valence-corrected chi connectivity index (χ1v) is 9.62. The third-order valence-electron chi connectivity index (χ3n) is 5.36. The van der Waals surface area contributed by atoms with Gasteiger partial charge in [0, 0.05) is 47.9 Å². The molecule has 0 aliphatic heterocycles. The molecule has 1 amide bonds. The molecule has 0 unspecified atom stereocenters. The number of halogens is 1. The van der Waals surface area contributed by atoms with Gasteiger partial charge in [-0.1, -0.05) is 18.2 Å². The first-order chi connectivity index (χ1) is 14.0. The summed E-state index contributed by atoms with van der Waals surface area (Å²) in [5.41, 5.74) is 5.97. The monoisotopic (exact) mass is 390 g/mol. The Hall–Kier alpha value is -3.41. The van der Waals surface area contributed by atoms with E-state index >= 15 is 0 Å². The molecule has 0 saturated heterocycles. The van der Waals surface area contributed by atoms with Crippen molar-refractivity contribution in [3.8, 4) is 11.3 Å². The zero-order valence-electron chi connectivity index (χ0n) is 16.5. The van der Waals surface area contributed by atoms with E-state index in [4.69, 9.17) is 0 Å². The predicted molar refractivity (Wildman–Crippen MR) is 112 cm³/mol. The van der Waals surface area contributed by atoms with Crippen LogP contribution in [0.5, 0.6) is 0 Å². The fourth-order valence-corrected chi connectivity index (χ4v) is 3.56. The highest BCUT2D eigenvalue weighted by Crippen LogP contribution is 2.31. The van der Waals surface area contributed by atoms with Crippen LogP contribution < -0.4 is 5.32 Å². The van der Waals surface area contributed by atoms with Gasteiger partial charge in [0.15, 0.2) is 0 Å². The number of carbonyl (C=O) groups excluding carboxylic acids is 1. The number of aromatic amines is 1. The molecule has 0 fully saturated rings. The number of amides is 1. The molecule has 4 aromatic rings. The van der Waals surface area contributed by atoms with Gasteiger partial charge in [-0.25, -0.2) is 4.39 Å². The minimum atomic E-state index is -0.267. The molecule has 0 aliphatic carbocycles. The zero-order valence-corrected chi connectivity index (χ0v) is 16.5. The molecule has 4 rings (SSSR count). The summed E-state index contributed by atoms with van der Waals surface area (Å²) in [5.74, 6) is -0.278. The van der Waals surface area contributed by atoms with Gasteiger partial charge in [0.2, 0.25) is 5.91 Å². The number of para-hydroxylation sites is 1. The summed E-state index contributed by atoms with van der Waals surface area (Å²) < 4.78 is 15.1. The van der Waals surface area contributed by atoms with Crippen molar-refractivity contribution in [1.82, 2.24) is 20.1 Å². The summed E-state index contributed by atoms with van der Waals surface area (Å²) in [4.78, 5) is 15.9. The molecular formula is C23H23FN4O. The Bertz CT molecular complexity index is 1160. The van der Waals surface area contributed by atoms with Gasteiger partial charge in [0.05, 0.1) is 6.20 Å². The largest absolute Gasteiger partial charge is 0.354 e. The van der Waals surface area contributed by atoms with Crippen molar-refractivity contribution < 1.29 is 9.18 Å². The summed E-state index contributed by atoms with van der Waals surface area (Å²) >= 11 is 0. The number of hydrogen-bond donors (Lipinski definition) is 2. The van der Waals surface area contributed by atoms with Crippen LogP contribution in [0.1, 0.15) is 23.2 Å². The smallest absolute Gasteiger partial charge is 0.220 e. The Kier molecular flexibility index (Phi) is 5.16. The third-order valence-corrected chi connectivity index (χ3v) is 5.36. The fourth-order valence-electron chi connectivity index (χ4n) is 3.56. The SMILES string of the molecule is Cc1c(CNC(=O)CCc2c(-c3ccc(F)cc3)[nH]c3ccccc23)cnn1C. The molecule has 0 aliphatic rings. The minimum Gasteiger partial charge on any atom is -0.354 e. The molecule has 2 heterocycles. The van der Waals surface area contributed by atoms with E-state index in [9.17, 15) is 9.18 Å². The number of aryl methyl sites for hydroxylation is 2. The van der Waals surface area contributed by atoms with Crippen LogP contribution in [0.25, 0.3) is 22.2 Å². The van der Waals surface area contributed by atoms with Gasteiger partial charge in [-0.05, 0) is 54.8 Å². The second kappa shape index (κ2) is 7.91. The van der Waals surface area contributed by atoms with E-state index in [0.29, 0.717) is 19.4 Å². The van der Waals surface area contributed by atoms with Gasteiger partial charge in [0.1, 0.15) is 5.82 Å². The Morgan fingerprint density at radius 3 is 2.66 bits per heavy atom. The summed E-state index contributed by atoms with van der Waals surface area (Å²) in [6.45, 7) is 2.45. The summed E-state index contributed by atoms with van der Waals surface area (Å²) in [5, 5.41) is 8.26. The number of hydrogen-bond acceptors (Lipinski definition) is 2.